The van der Waals surface area contributed by atoms with Crippen molar-refractivity contribution in [2.75, 3.05) is 5.43 Å². The van der Waals surface area contributed by atoms with Crippen LogP contribution < -0.4 is 16.0 Å². The van der Waals surface area contributed by atoms with Crippen LogP contribution in [-0.2, 0) is 12.5 Å². The molecule has 2 aromatic heterocycles. The van der Waals surface area contributed by atoms with Gasteiger partial charge in [-0.3, -0.25) is 0 Å². The topological polar surface area (TPSA) is 90.9 Å². The number of nitrogens with zero attached hydrogens (tertiary/aromatic N) is 4. The Kier molecular flexibility index (Phi) is 3.63. The van der Waals surface area contributed by atoms with Gasteiger partial charge in [-0.25, -0.2) is 15.5 Å². The molecule has 2 heterocycles. The van der Waals surface area contributed by atoms with Crippen molar-refractivity contribution in [3.05, 3.63) is 23.7 Å². The van der Waals surface area contributed by atoms with Crippen molar-refractivity contribution in [3.8, 4) is 11.8 Å². The molecule has 2 aromatic rings. The van der Waals surface area contributed by atoms with Crippen molar-refractivity contribution < 1.29 is 4.74 Å². The van der Waals surface area contributed by atoms with Gasteiger partial charge < -0.3 is 10.2 Å². The molecule has 0 fully saturated rings. The first-order chi connectivity index (χ1) is 9.29. The number of rotatable bonds is 3. The summed E-state index contributed by atoms with van der Waals surface area (Å²) in [5, 5.41) is 4.23. The number of ether oxygens (including phenoxy) is 1. The molecule has 0 unspecified atom stereocenters. The number of hydrazine groups is 1. The summed E-state index contributed by atoms with van der Waals surface area (Å²) < 4.78 is 7.42. The summed E-state index contributed by atoms with van der Waals surface area (Å²) in [4.78, 5) is 8.77. The van der Waals surface area contributed by atoms with Crippen molar-refractivity contribution in [1.29, 1.82) is 0 Å². The van der Waals surface area contributed by atoms with E-state index < -0.39 is 0 Å². The van der Waals surface area contributed by atoms with Gasteiger partial charge in [0.1, 0.15) is 11.6 Å². The molecule has 0 aliphatic rings. The maximum absolute atomic E-state index is 5.76. The third kappa shape index (κ3) is 3.05. The maximum Gasteiger partial charge on any atom is 0.226 e. The second kappa shape index (κ2) is 5.09. The monoisotopic (exact) mass is 276 g/mol. The first-order valence-corrected chi connectivity index (χ1v) is 6.34. The number of aryl methyl sites for hydroxylation is 2. The Morgan fingerprint density at radius 1 is 1.25 bits per heavy atom. The van der Waals surface area contributed by atoms with Crippen molar-refractivity contribution in [1.82, 2.24) is 19.7 Å². The molecule has 0 spiro atoms. The van der Waals surface area contributed by atoms with Gasteiger partial charge in [-0.1, -0.05) is 20.8 Å². The summed E-state index contributed by atoms with van der Waals surface area (Å²) in [6, 6.07) is 3.49. The molecule has 0 radical (unpaired) electrons. The van der Waals surface area contributed by atoms with Gasteiger partial charge in [0.15, 0.2) is 0 Å². The van der Waals surface area contributed by atoms with Crippen molar-refractivity contribution in [2.45, 2.75) is 33.1 Å². The number of nitrogens with one attached hydrogen (secondary N) is 1. The van der Waals surface area contributed by atoms with Gasteiger partial charge in [-0.2, -0.15) is 10.1 Å². The zero-order valence-electron chi connectivity index (χ0n) is 12.4. The van der Waals surface area contributed by atoms with Crippen molar-refractivity contribution >= 4 is 5.82 Å². The van der Waals surface area contributed by atoms with E-state index in [2.05, 4.69) is 20.5 Å². The minimum Gasteiger partial charge on any atom is -0.421 e. The van der Waals surface area contributed by atoms with E-state index >= 15 is 0 Å². The molecule has 0 aromatic carbocycles. The van der Waals surface area contributed by atoms with Gasteiger partial charge in [0.2, 0.25) is 11.8 Å². The first kappa shape index (κ1) is 14.3. The van der Waals surface area contributed by atoms with E-state index in [9.17, 15) is 0 Å². The summed E-state index contributed by atoms with van der Waals surface area (Å²) >= 11 is 0. The zero-order valence-corrected chi connectivity index (χ0v) is 12.4. The standard InChI is InChI=1S/C13H20N6O/c1-8-6-11(19(5)18-8)20-10-7-9(17-14)15-12(16-10)13(2,3)4/h6-7H,14H2,1-5H3,(H,15,16,17). The maximum atomic E-state index is 5.76. The fraction of sp³-hybridized carbons (Fsp3) is 0.462. The van der Waals surface area contributed by atoms with Gasteiger partial charge in [0.25, 0.3) is 0 Å². The lowest BCUT2D eigenvalue weighted by molar-refractivity contribution is 0.406. The predicted octanol–water partition coefficient (Wildman–Crippen LogP) is 1.89. The molecule has 2 rings (SSSR count). The number of anilines is 1. The van der Waals surface area contributed by atoms with Crippen molar-refractivity contribution in [3.63, 3.8) is 0 Å². The van der Waals surface area contributed by atoms with Crippen molar-refractivity contribution in [2.24, 2.45) is 12.9 Å². The largest absolute Gasteiger partial charge is 0.421 e. The van der Waals surface area contributed by atoms with Crippen LogP contribution in [0.2, 0.25) is 0 Å². The molecule has 0 aliphatic heterocycles. The average molecular weight is 276 g/mol. The fourth-order valence-electron chi connectivity index (χ4n) is 1.68. The third-order valence-electron chi connectivity index (χ3n) is 2.69. The average Bonchev–Trinajstić information content (AvgIpc) is 2.66. The molecule has 0 atom stereocenters. The van der Waals surface area contributed by atoms with E-state index in [-0.39, 0.29) is 5.41 Å². The van der Waals surface area contributed by atoms with Crippen LogP contribution in [0.25, 0.3) is 0 Å². The second-order valence-corrected chi connectivity index (χ2v) is 5.66. The van der Waals surface area contributed by atoms with E-state index in [0.29, 0.717) is 23.4 Å². The van der Waals surface area contributed by atoms with E-state index in [1.54, 1.807) is 10.7 Å². The molecule has 3 N–H and O–H groups in total. The molecule has 108 valence electrons. The lowest BCUT2D eigenvalue weighted by Gasteiger charge is -2.18. The van der Waals surface area contributed by atoms with E-state index in [1.807, 2.05) is 40.8 Å². The zero-order chi connectivity index (χ0) is 14.9. The summed E-state index contributed by atoms with van der Waals surface area (Å²) in [5.74, 6) is 7.66. The van der Waals surface area contributed by atoms with Gasteiger partial charge in [0, 0.05) is 24.6 Å². The molecular formula is C13H20N6O. The molecule has 0 bridgehead atoms. The van der Waals surface area contributed by atoms with Gasteiger partial charge in [-0.15, -0.1) is 0 Å². The van der Waals surface area contributed by atoms with E-state index in [1.165, 1.54) is 0 Å². The second-order valence-electron chi connectivity index (χ2n) is 5.66. The Morgan fingerprint density at radius 3 is 2.45 bits per heavy atom. The highest BCUT2D eigenvalue weighted by Gasteiger charge is 2.20. The molecule has 0 amide bonds. The Morgan fingerprint density at radius 2 is 1.95 bits per heavy atom. The molecule has 0 saturated heterocycles. The lowest BCUT2D eigenvalue weighted by atomic mass is 9.96. The Balaban J connectivity index is 2.38. The summed E-state index contributed by atoms with van der Waals surface area (Å²) in [7, 11) is 1.82. The summed E-state index contributed by atoms with van der Waals surface area (Å²) in [6.45, 7) is 7.99. The van der Waals surface area contributed by atoms with E-state index in [4.69, 9.17) is 10.6 Å². The third-order valence-corrected chi connectivity index (χ3v) is 2.69. The smallest absolute Gasteiger partial charge is 0.226 e. The molecule has 20 heavy (non-hydrogen) atoms. The molecule has 0 saturated carbocycles. The molecular weight excluding hydrogens is 256 g/mol. The molecule has 0 aliphatic carbocycles. The normalized spacial score (nSPS) is 11.5. The number of nitrogen functional groups attached to an aromatic ring is 1. The van der Waals surface area contributed by atoms with Crippen LogP contribution in [0.1, 0.15) is 32.3 Å². The van der Waals surface area contributed by atoms with Crippen LogP contribution in [0.15, 0.2) is 12.1 Å². The van der Waals surface area contributed by atoms with Crippen LogP contribution in [0.4, 0.5) is 5.82 Å². The quantitative estimate of drug-likeness (QED) is 0.657. The minimum absolute atomic E-state index is 0.201. The lowest BCUT2D eigenvalue weighted by Crippen LogP contribution is -2.19. The Bertz CT molecular complexity index is 614. The molecule has 7 heteroatoms. The highest BCUT2D eigenvalue weighted by molar-refractivity contribution is 5.39. The fourth-order valence-corrected chi connectivity index (χ4v) is 1.68. The van der Waals surface area contributed by atoms with Crippen LogP contribution in [0.5, 0.6) is 11.8 Å². The van der Waals surface area contributed by atoms with Gasteiger partial charge >= 0.3 is 0 Å². The van der Waals surface area contributed by atoms with Crippen LogP contribution in [0.3, 0.4) is 0 Å². The predicted molar refractivity (Wildman–Crippen MR) is 76.6 cm³/mol. The number of nitrogens with two attached hydrogens (primary N) is 1. The minimum atomic E-state index is -0.201. The van der Waals surface area contributed by atoms with Gasteiger partial charge in [-0.05, 0) is 6.92 Å². The Hall–Kier alpha value is -2.15. The first-order valence-electron chi connectivity index (χ1n) is 6.34. The highest BCUT2D eigenvalue weighted by Crippen LogP contribution is 2.26. The summed E-state index contributed by atoms with van der Waals surface area (Å²) in [5.41, 5.74) is 3.21. The molecule has 7 nitrogen and oxygen atoms in total. The number of hydrogen-bond donors (Lipinski definition) is 2. The summed E-state index contributed by atoms with van der Waals surface area (Å²) in [6.07, 6.45) is 0. The van der Waals surface area contributed by atoms with Crippen LogP contribution in [-0.4, -0.2) is 19.7 Å². The number of aromatic nitrogens is 4. The van der Waals surface area contributed by atoms with E-state index in [0.717, 1.165) is 5.69 Å². The van der Waals surface area contributed by atoms with Crippen LogP contribution in [0, 0.1) is 6.92 Å². The number of hydrogen-bond acceptors (Lipinski definition) is 6. The Labute approximate surface area is 118 Å². The SMILES string of the molecule is Cc1cc(Oc2cc(NN)nc(C(C)(C)C)n2)n(C)n1. The van der Waals surface area contributed by atoms with Crippen LogP contribution >= 0.6 is 0 Å². The highest BCUT2D eigenvalue weighted by atomic mass is 16.5. The van der Waals surface area contributed by atoms with Gasteiger partial charge in [0.05, 0.1) is 5.69 Å².